The van der Waals surface area contributed by atoms with Gasteiger partial charge in [-0.25, -0.2) is 0 Å². The fourth-order valence-corrected chi connectivity index (χ4v) is 3.64. The van der Waals surface area contributed by atoms with Crippen LogP contribution in [-0.2, 0) is 9.47 Å². The van der Waals surface area contributed by atoms with Crippen LogP contribution in [0.25, 0.3) is 10.9 Å². The zero-order valence-electron chi connectivity index (χ0n) is 14.4. The minimum atomic E-state index is 0.100. The zero-order valence-corrected chi connectivity index (χ0v) is 14.4. The average Bonchev–Trinajstić information content (AvgIpc) is 3.19. The molecule has 25 heavy (non-hydrogen) atoms. The average molecular weight is 340 g/mol. The molecular weight excluding hydrogens is 316 g/mol. The number of hydrogen-bond donors (Lipinski definition) is 0. The molecule has 132 valence electrons. The molecule has 1 atom stereocenters. The Bertz CT molecular complexity index is 735. The molecule has 1 aromatic carbocycles. The van der Waals surface area contributed by atoms with Gasteiger partial charge in [-0.3, -0.25) is 9.78 Å². The van der Waals surface area contributed by atoms with E-state index in [0.29, 0.717) is 6.61 Å². The second kappa shape index (κ2) is 7.50. The van der Waals surface area contributed by atoms with Crippen LogP contribution in [0.4, 0.5) is 0 Å². The van der Waals surface area contributed by atoms with Crippen LogP contribution in [0.15, 0.2) is 36.5 Å². The van der Waals surface area contributed by atoms with Crippen molar-refractivity contribution in [3.63, 3.8) is 0 Å². The van der Waals surface area contributed by atoms with Gasteiger partial charge in [-0.05, 0) is 49.9 Å². The van der Waals surface area contributed by atoms with Crippen molar-refractivity contribution in [1.29, 1.82) is 0 Å². The Kier molecular flexibility index (Phi) is 4.95. The molecular formula is C20H24N2O3. The standard InChI is InChI=1S/C20H24N2O3/c23-20(16-5-6-19-15(13-16)3-1-9-21-19)22-10-7-17(8-11-22)25-14-18-4-2-12-24-18/h1,3,5-6,9,13,17-18H,2,4,7-8,10-12,14H2. The third-order valence-electron chi connectivity index (χ3n) is 5.12. The van der Waals surface area contributed by atoms with E-state index in [4.69, 9.17) is 9.47 Å². The van der Waals surface area contributed by atoms with E-state index in [0.717, 1.165) is 61.8 Å². The fraction of sp³-hybridized carbons (Fsp3) is 0.500. The van der Waals surface area contributed by atoms with Gasteiger partial charge >= 0.3 is 0 Å². The number of amides is 1. The van der Waals surface area contributed by atoms with Crippen LogP contribution in [0.2, 0.25) is 0 Å². The normalized spacial score (nSPS) is 21.8. The van der Waals surface area contributed by atoms with E-state index in [1.807, 2.05) is 35.2 Å². The van der Waals surface area contributed by atoms with Crippen molar-refractivity contribution in [2.75, 3.05) is 26.3 Å². The Morgan fingerprint density at radius 1 is 1.24 bits per heavy atom. The first-order valence-electron chi connectivity index (χ1n) is 9.17. The number of hydrogen-bond acceptors (Lipinski definition) is 4. The lowest BCUT2D eigenvalue weighted by atomic mass is 10.0. The lowest BCUT2D eigenvalue weighted by Crippen LogP contribution is -2.41. The third kappa shape index (κ3) is 3.83. The number of nitrogens with zero attached hydrogens (tertiary/aromatic N) is 2. The van der Waals surface area contributed by atoms with Gasteiger partial charge < -0.3 is 14.4 Å². The number of fused-ring (bicyclic) bond motifs is 1. The summed E-state index contributed by atoms with van der Waals surface area (Å²) in [5.41, 5.74) is 1.65. The molecule has 0 saturated carbocycles. The minimum absolute atomic E-state index is 0.100. The summed E-state index contributed by atoms with van der Waals surface area (Å²) in [5.74, 6) is 0.100. The summed E-state index contributed by atoms with van der Waals surface area (Å²) in [6, 6.07) is 9.61. The number of pyridine rings is 1. The molecule has 0 spiro atoms. The van der Waals surface area contributed by atoms with E-state index < -0.39 is 0 Å². The number of likely N-dealkylation sites (tertiary alicyclic amines) is 1. The summed E-state index contributed by atoms with van der Waals surface area (Å²) in [5, 5.41) is 1.00. The molecule has 0 N–H and O–H groups in total. The minimum Gasteiger partial charge on any atom is -0.376 e. The number of benzene rings is 1. The highest BCUT2D eigenvalue weighted by molar-refractivity contribution is 5.97. The molecule has 2 aliphatic rings. The molecule has 1 unspecified atom stereocenters. The predicted molar refractivity (Wildman–Crippen MR) is 95.6 cm³/mol. The lowest BCUT2D eigenvalue weighted by Gasteiger charge is -2.32. The Morgan fingerprint density at radius 3 is 2.92 bits per heavy atom. The fourth-order valence-electron chi connectivity index (χ4n) is 3.64. The molecule has 0 bridgehead atoms. The highest BCUT2D eigenvalue weighted by Crippen LogP contribution is 2.20. The van der Waals surface area contributed by atoms with Crippen LogP contribution < -0.4 is 0 Å². The summed E-state index contributed by atoms with van der Waals surface area (Å²) in [7, 11) is 0. The van der Waals surface area contributed by atoms with Gasteiger partial charge in [-0.2, -0.15) is 0 Å². The van der Waals surface area contributed by atoms with E-state index in [2.05, 4.69) is 4.98 Å². The molecule has 5 nitrogen and oxygen atoms in total. The topological polar surface area (TPSA) is 51.7 Å². The molecule has 0 aliphatic carbocycles. The first kappa shape index (κ1) is 16.5. The Labute approximate surface area is 147 Å². The quantitative estimate of drug-likeness (QED) is 0.858. The maximum absolute atomic E-state index is 12.8. The smallest absolute Gasteiger partial charge is 0.253 e. The van der Waals surface area contributed by atoms with Crippen LogP contribution in [0.3, 0.4) is 0 Å². The van der Waals surface area contributed by atoms with Crippen LogP contribution >= 0.6 is 0 Å². The number of carbonyl (C=O) groups is 1. The van der Waals surface area contributed by atoms with Gasteiger partial charge in [0.05, 0.1) is 24.3 Å². The van der Waals surface area contributed by atoms with Crippen LogP contribution in [0.1, 0.15) is 36.0 Å². The Balaban J connectivity index is 1.32. The summed E-state index contributed by atoms with van der Waals surface area (Å²) in [6.07, 6.45) is 6.32. The number of carbonyl (C=O) groups excluding carboxylic acids is 1. The molecule has 0 radical (unpaired) electrons. The SMILES string of the molecule is O=C(c1ccc2ncccc2c1)N1CCC(OCC2CCCO2)CC1. The molecule has 2 aromatic rings. The van der Waals surface area contributed by atoms with Crippen LogP contribution in [0, 0.1) is 0 Å². The second-order valence-corrected chi connectivity index (χ2v) is 6.87. The predicted octanol–water partition coefficient (Wildman–Crippen LogP) is 3.04. The molecule has 4 rings (SSSR count). The first-order chi connectivity index (χ1) is 12.3. The first-order valence-corrected chi connectivity index (χ1v) is 9.17. The summed E-state index contributed by atoms with van der Waals surface area (Å²) in [6.45, 7) is 3.05. The van der Waals surface area contributed by atoms with Crippen molar-refractivity contribution in [3.8, 4) is 0 Å². The Hall–Kier alpha value is -1.98. The molecule has 2 fully saturated rings. The van der Waals surface area contributed by atoms with E-state index in [1.54, 1.807) is 6.20 Å². The zero-order chi connectivity index (χ0) is 17.1. The van der Waals surface area contributed by atoms with Gasteiger partial charge in [0.25, 0.3) is 5.91 Å². The van der Waals surface area contributed by atoms with Crippen molar-refractivity contribution in [3.05, 3.63) is 42.1 Å². The molecule has 1 aromatic heterocycles. The highest BCUT2D eigenvalue weighted by atomic mass is 16.5. The molecule has 3 heterocycles. The van der Waals surface area contributed by atoms with Crippen LogP contribution in [0.5, 0.6) is 0 Å². The van der Waals surface area contributed by atoms with Crippen molar-refractivity contribution in [2.24, 2.45) is 0 Å². The van der Waals surface area contributed by atoms with Gasteiger partial charge in [-0.15, -0.1) is 0 Å². The lowest BCUT2D eigenvalue weighted by molar-refractivity contribution is -0.0395. The van der Waals surface area contributed by atoms with Gasteiger partial charge in [0.2, 0.25) is 0 Å². The van der Waals surface area contributed by atoms with Gasteiger partial charge in [0.1, 0.15) is 0 Å². The largest absolute Gasteiger partial charge is 0.376 e. The van der Waals surface area contributed by atoms with Crippen LogP contribution in [-0.4, -0.2) is 54.3 Å². The number of piperidine rings is 1. The van der Waals surface area contributed by atoms with E-state index >= 15 is 0 Å². The number of rotatable bonds is 4. The summed E-state index contributed by atoms with van der Waals surface area (Å²) < 4.78 is 11.6. The van der Waals surface area contributed by atoms with E-state index in [9.17, 15) is 4.79 Å². The maximum atomic E-state index is 12.8. The summed E-state index contributed by atoms with van der Waals surface area (Å²) in [4.78, 5) is 19.0. The number of aromatic nitrogens is 1. The van der Waals surface area contributed by atoms with Crippen molar-refractivity contribution in [1.82, 2.24) is 9.88 Å². The molecule has 2 aliphatic heterocycles. The molecule has 5 heteroatoms. The highest BCUT2D eigenvalue weighted by Gasteiger charge is 2.25. The van der Waals surface area contributed by atoms with Gasteiger partial charge in [-0.1, -0.05) is 6.07 Å². The molecule has 1 amide bonds. The monoisotopic (exact) mass is 340 g/mol. The second-order valence-electron chi connectivity index (χ2n) is 6.87. The maximum Gasteiger partial charge on any atom is 0.253 e. The third-order valence-corrected chi connectivity index (χ3v) is 5.12. The molecule has 2 saturated heterocycles. The Morgan fingerprint density at radius 2 is 2.12 bits per heavy atom. The van der Waals surface area contributed by atoms with Crippen molar-refractivity contribution >= 4 is 16.8 Å². The summed E-state index contributed by atoms with van der Waals surface area (Å²) >= 11 is 0. The van der Waals surface area contributed by atoms with Gasteiger partial charge in [0, 0.05) is 36.8 Å². The number of ether oxygens (including phenoxy) is 2. The van der Waals surface area contributed by atoms with E-state index in [1.165, 1.54) is 0 Å². The van der Waals surface area contributed by atoms with Crippen molar-refractivity contribution < 1.29 is 14.3 Å². The van der Waals surface area contributed by atoms with E-state index in [-0.39, 0.29) is 18.1 Å². The van der Waals surface area contributed by atoms with Gasteiger partial charge in [0.15, 0.2) is 0 Å². The van der Waals surface area contributed by atoms with Crippen molar-refractivity contribution in [2.45, 2.75) is 37.9 Å².